The lowest BCUT2D eigenvalue weighted by molar-refractivity contribution is 0.175. The lowest BCUT2D eigenvalue weighted by Crippen LogP contribution is -2.07. The number of nitrogens with zero attached hydrogens (tertiary/aromatic N) is 3. The van der Waals surface area contributed by atoms with E-state index in [2.05, 4.69) is 15.2 Å². The van der Waals surface area contributed by atoms with Crippen molar-refractivity contribution in [1.82, 2.24) is 19.7 Å². The van der Waals surface area contributed by atoms with Gasteiger partial charge in [-0.2, -0.15) is 5.10 Å². The van der Waals surface area contributed by atoms with Gasteiger partial charge in [0.25, 0.3) is 0 Å². The van der Waals surface area contributed by atoms with Crippen molar-refractivity contribution < 1.29 is 9.50 Å². The third-order valence-corrected chi connectivity index (χ3v) is 3.46. The molecule has 6 heteroatoms. The number of nitrogens with one attached hydrogen (secondary N) is 1. The van der Waals surface area contributed by atoms with Gasteiger partial charge in [0.05, 0.1) is 18.0 Å². The molecule has 0 amide bonds. The summed E-state index contributed by atoms with van der Waals surface area (Å²) in [6.07, 6.45) is 4.77. The first kappa shape index (κ1) is 13.5. The van der Waals surface area contributed by atoms with Crippen molar-refractivity contribution in [2.24, 2.45) is 7.05 Å². The van der Waals surface area contributed by atoms with Gasteiger partial charge in [0.15, 0.2) is 0 Å². The third-order valence-electron chi connectivity index (χ3n) is 3.46. The molecular formula is C15H15FN4O. The summed E-state index contributed by atoms with van der Waals surface area (Å²) < 4.78 is 14.9. The van der Waals surface area contributed by atoms with Gasteiger partial charge in [0.1, 0.15) is 11.6 Å². The summed E-state index contributed by atoms with van der Waals surface area (Å²) in [6.45, 7) is 0. The molecular weight excluding hydrogens is 271 g/mol. The minimum atomic E-state index is -0.732. The summed E-state index contributed by atoms with van der Waals surface area (Å²) in [6, 6.07) is 6.07. The Kier molecular flexibility index (Phi) is 3.53. The number of aliphatic hydroxyl groups is 1. The highest BCUT2D eigenvalue weighted by atomic mass is 19.1. The van der Waals surface area contributed by atoms with Crippen LogP contribution in [0.4, 0.5) is 4.39 Å². The minimum absolute atomic E-state index is 0.298. The number of hydrogen-bond donors (Lipinski definition) is 2. The highest BCUT2D eigenvalue weighted by molar-refractivity contribution is 5.63. The summed E-state index contributed by atoms with van der Waals surface area (Å²) >= 11 is 0. The largest absolute Gasteiger partial charge is 0.388 e. The van der Waals surface area contributed by atoms with E-state index in [-0.39, 0.29) is 5.82 Å². The molecule has 3 rings (SSSR count). The average molecular weight is 286 g/mol. The first-order chi connectivity index (χ1) is 10.1. The molecule has 0 aliphatic heterocycles. The van der Waals surface area contributed by atoms with Crippen LogP contribution in [0.1, 0.15) is 17.5 Å². The van der Waals surface area contributed by atoms with Crippen LogP contribution in [0.15, 0.2) is 42.9 Å². The second-order valence-electron chi connectivity index (χ2n) is 4.88. The van der Waals surface area contributed by atoms with E-state index >= 15 is 0 Å². The zero-order valence-electron chi connectivity index (χ0n) is 11.5. The molecule has 1 unspecified atom stereocenters. The fraction of sp³-hybridized carbons (Fsp3) is 0.200. The molecule has 2 heterocycles. The highest BCUT2D eigenvalue weighted by Crippen LogP contribution is 2.27. The molecule has 0 aliphatic carbocycles. The summed E-state index contributed by atoms with van der Waals surface area (Å²) in [5.41, 5.74) is 2.14. The maximum atomic E-state index is 13.0. The fourth-order valence-electron chi connectivity index (χ4n) is 2.27. The molecule has 21 heavy (non-hydrogen) atoms. The van der Waals surface area contributed by atoms with Crippen LogP contribution in [0, 0.1) is 5.82 Å². The van der Waals surface area contributed by atoms with E-state index in [0.717, 1.165) is 11.4 Å². The fourth-order valence-corrected chi connectivity index (χ4v) is 2.27. The molecule has 3 aromatic rings. The molecule has 2 aromatic heterocycles. The Labute approximate surface area is 121 Å². The Hall–Kier alpha value is -2.47. The van der Waals surface area contributed by atoms with Crippen LogP contribution in [0.3, 0.4) is 0 Å². The predicted octanol–water partition coefficient (Wildman–Crippen LogP) is 2.23. The predicted molar refractivity (Wildman–Crippen MR) is 75.9 cm³/mol. The van der Waals surface area contributed by atoms with Crippen molar-refractivity contribution in [1.29, 1.82) is 0 Å². The molecule has 0 spiro atoms. The Morgan fingerprint density at radius 2 is 2.10 bits per heavy atom. The lowest BCUT2D eigenvalue weighted by atomic mass is 10.0. The average Bonchev–Trinajstić information content (AvgIpc) is 3.09. The van der Waals surface area contributed by atoms with Gasteiger partial charge in [0.2, 0.25) is 0 Å². The van der Waals surface area contributed by atoms with Crippen LogP contribution < -0.4 is 0 Å². The number of aromatic nitrogens is 4. The minimum Gasteiger partial charge on any atom is -0.388 e. The molecule has 5 nitrogen and oxygen atoms in total. The maximum absolute atomic E-state index is 13.0. The Bertz CT molecular complexity index is 732. The van der Waals surface area contributed by atoms with E-state index in [0.29, 0.717) is 17.7 Å². The molecule has 108 valence electrons. The van der Waals surface area contributed by atoms with Crippen LogP contribution in [0.2, 0.25) is 0 Å². The number of aliphatic hydroxyl groups excluding tert-OH is 1. The van der Waals surface area contributed by atoms with Crippen LogP contribution in [0.25, 0.3) is 11.3 Å². The molecule has 0 fully saturated rings. The van der Waals surface area contributed by atoms with Gasteiger partial charge < -0.3 is 9.67 Å². The van der Waals surface area contributed by atoms with Gasteiger partial charge >= 0.3 is 0 Å². The molecule has 0 radical (unpaired) electrons. The SMILES string of the molecule is Cn1ccnc1CC(O)c1cn[nH]c1-c1ccc(F)cc1. The monoisotopic (exact) mass is 286 g/mol. The van der Waals surface area contributed by atoms with Crippen LogP contribution in [-0.2, 0) is 13.5 Å². The van der Waals surface area contributed by atoms with E-state index in [1.54, 1.807) is 24.5 Å². The van der Waals surface area contributed by atoms with Crippen LogP contribution >= 0.6 is 0 Å². The van der Waals surface area contributed by atoms with Gasteiger partial charge in [-0.15, -0.1) is 0 Å². The number of aromatic amines is 1. The van der Waals surface area contributed by atoms with Gasteiger partial charge in [-0.1, -0.05) is 0 Å². The first-order valence-electron chi connectivity index (χ1n) is 6.58. The highest BCUT2D eigenvalue weighted by Gasteiger charge is 2.18. The van der Waals surface area contributed by atoms with Gasteiger partial charge in [0, 0.05) is 37.0 Å². The molecule has 1 aromatic carbocycles. The molecule has 0 saturated carbocycles. The van der Waals surface area contributed by atoms with Gasteiger partial charge in [-0.25, -0.2) is 9.37 Å². The smallest absolute Gasteiger partial charge is 0.123 e. The first-order valence-corrected chi connectivity index (χ1v) is 6.58. The standard InChI is InChI=1S/C15H15FN4O/c1-20-7-6-17-14(20)8-13(21)12-9-18-19-15(12)10-2-4-11(16)5-3-10/h2-7,9,13,21H,8H2,1H3,(H,18,19). The van der Waals surface area contributed by atoms with E-state index in [1.807, 2.05) is 17.8 Å². The van der Waals surface area contributed by atoms with Crippen molar-refractivity contribution in [3.8, 4) is 11.3 Å². The van der Waals surface area contributed by atoms with Crippen molar-refractivity contribution in [2.45, 2.75) is 12.5 Å². The quantitative estimate of drug-likeness (QED) is 0.773. The van der Waals surface area contributed by atoms with E-state index in [9.17, 15) is 9.50 Å². The molecule has 0 saturated heterocycles. The van der Waals surface area contributed by atoms with E-state index < -0.39 is 6.10 Å². The second-order valence-corrected chi connectivity index (χ2v) is 4.88. The van der Waals surface area contributed by atoms with Gasteiger partial charge in [-0.3, -0.25) is 5.10 Å². The molecule has 2 N–H and O–H groups in total. The Balaban J connectivity index is 1.88. The van der Waals surface area contributed by atoms with Crippen molar-refractivity contribution in [2.75, 3.05) is 0 Å². The summed E-state index contributed by atoms with van der Waals surface area (Å²) in [7, 11) is 1.88. The molecule has 0 bridgehead atoms. The maximum Gasteiger partial charge on any atom is 0.123 e. The number of aryl methyl sites for hydroxylation is 1. The second kappa shape index (κ2) is 5.49. The third kappa shape index (κ3) is 2.71. The Morgan fingerprint density at radius 1 is 1.33 bits per heavy atom. The number of rotatable bonds is 4. The normalized spacial score (nSPS) is 12.5. The zero-order valence-corrected chi connectivity index (χ0v) is 11.5. The number of halogens is 1. The lowest BCUT2D eigenvalue weighted by Gasteiger charge is -2.11. The van der Waals surface area contributed by atoms with Crippen molar-refractivity contribution in [3.63, 3.8) is 0 Å². The zero-order chi connectivity index (χ0) is 14.8. The number of hydrogen-bond acceptors (Lipinski definition) is 3. The molecule has 0 aliphatic rings. The summed E-state index contributed by atoms with van der Waals surface area (Å²) in [4.78, 5) is 4.20. The van der Waals surface area contributed by atoms with E-state index in [1.165, 1.54) is 12.1 Å². The van der Waals surface area contributed by atoms with Crippen molar-refractivity contribution in [3.05, 3.63) is 60.1 Å². The van der Waals surface area contributed by atoms with E-state index in [4.69, 9.17) is 0 Å². The molecule has 1 atom stereocenters. The van der Waals surface area contributed by atoms with Crippen molar-refractivity contribution >= 4 is 0 Å². The Morgan fingerprint density at radius 3 is 2.76 bits per heavy atom. The number of imidazole rings is 1. The van der Waals surface area contributed by atoms with Gasteiger partial charge in [-0.05, 0) is 24.3 Å². The number of H-pyrrole nitrogens is 1. The number of benzene rings is 1. The van der Waals surface area contributed by atoms with Crippen LogP contribution in [0.5, 0.6) is 0 Å². The summed E-state index contributed by atoms with van der Waals surface area (Å²) in [5, 5.41) is 17.3. The topological polar surface area (TPSA) is 66.7 Å². The summed E-state index contributed by atoms with van der Waals surface area (Å²) in [5.74, 6) is 0.488. The van der Waals surface area contributed by atoms with Crippen LogP contribution in [-0.4, -0.2) is 24.9 Å².